The van der Waals surface area contributed by atoms with E-state index in [2.05, 4.69) is 11.9 Å². The molecule has 1 atom stereocenters. The first-order chi connectivity index (χ1) is 9.32. The predicted octanol–water partition coefficient (Wildman–Crippen LogP) is 1.24. The molecule has 0 aromatic heterocycles. The van der Waals surface area contributed by atoms with Gasteiger partial charge in [-0.25, -0.2) is 0 Å². The van der Waals surface area contributed by atoms with Gasteiger partial charge in [-0.1, -0.05) is 0 Å². The van der Waals surface area contributed by atoms with Crippen molar-refractivity contribution in [2.24, 2.45) is 11.8 Å². The normalized spacial score (nSPS) is 24.5. The van der Waals surface area contributed by atoms with Crippen LogP contribution in [0.15, 0.2) is 0 Å². The van der Waals surface area contributed by atoms with E-state index in [0.29, 0.717) is 18.4 Å². The second-order valence-corrected chi connectivity index (χ2v) is 8.72. The fourth-order valence-electron chi connectivity index (χ4n) is 3.01. The molecule has 1 aliphatic heterocycles. The number of hydrogen-bond acceptors (Lipinski definition) is 3. The van der Waals surface area contributed by atoms with Crippen LogP contribution in [0.5, 0.6) is 0 Å². The molecule has 5 nitrogen and oxygen atoms in total. The van der Waals surface area contributed by atoms with Gasteiger partial charge in [-0.05, 0) is 64.6 Å². The van der Waals surface area contributed by atoms with Crippen molar-refractivity contribution in [3.05, 3.63) is 0 Å². The number of hydrogen-bond donors (Lipinski definition) is 0. The topological polar surface area (TPSA) is 43.9 Å². The molecule has 6 heteroatoms. The van der Waals surface area contributed by atoms with Crippen molar-refractivity contribution < 1.29 is 8.42 Å². The zero-order valence-electron chi connectivity index (χ0n) is 13.2. The van der Waals surface area contributed by atoms with Crippen molar-refractivity contribution in [3.63, 3.8) is 0 Å². The van der Waals surface area contributed by atoms with Crippen LogP contribution in [-0.2, 0) is 10.2 Å². The summed E-state index contributed by atoms with van der Waals surface area (Å²) in [5, 5.41) is 0. The zero-order chi connectivity index (χ0) is 14.9. The molecule has 2 aliphatic rings. The second kappa shape index (κ2) is 6.30. The van der Waals surface area contributed by atoms with E-state index in [0.717, 1.165) is 25.9 Å². The molecule has 0 aromatic carbocycles. The lowest BCUT2D eigenvalue weighted by atomic mass is 9.97. The number of nitrogens with zero attached hydrogens (tertiary/aromatic N) is 3. The Balaban J connectivity index is 1.90. The highest BCUT2D eigenvalue weighted by molar-refractivity contribution is 7.86. The number of piperidine rings is 1. The lowest BCUT2D eigenvalue weighted by Crippen LogP contribution is -2.47. The van der Waals surface area contributed by atoms with E-state index in [9.17, 15) is 8.42 Å². The van der Waals surface area contributed by atoms with E-state index in [-0.39, 0.29) is 6.04 Å². The maximum Gasteiger partial charge on any atom is 0.281 e. The van der Waals surface area contributed by atoms with E-state index in [1.807, 2.05) is 6.92 Å². The summed E-state index contributed by atoms with van der Waals surface area (Å²) in [7, 11) is 2.28. The summed E-state index contributed by atoms with van der Waals surface area (Å²) >= 11 is 0. The van der Waals surface area contributed by atoms with Gasteiger partial charge in [0.25, 0.3) is 10.2 Å². The van der Waals surface area contributed by atoms with Gasteiger partial charge in [0, 0.05) is 26.7 Å². The molecule has 1 saturated carbocycles. The van der Waals surface area contributed by atoms with Gasteiger partial charge in [-0.2, -0.15) is 17.0 Å². The Morgan fingerprint density at radius 3 is 2.20 bits per heavy atom. The van der Waals surface area contributed by atoms with Gasteiger partial charge in [0.1, 0.15) is 0 Å². The highest BCUT2D eigenvalue weighted by atomic mass is 32.2. The molecule has 0 aromatic rings. The van der Waals surface area contributed by atoms with E-state index >= 15 is 0 Å². The molecule has 0 bridgehead atoms. The molecule has 1 saturated heterocycles. The second-order valence-electron chi connectivity index (χ2n) is 6.63. The fourth-order valence-corrected chi connectivity index (χ4v) is 4.44. The SMILES string of the molecule is CC(C1CC1)N(C)S(=O)(=O)N(C)CC1CCN(C)CC1. The molecule has 2 rings (SSSR count). The smallest absolute Gasteiger partial charge is 0.281 e. The minimum absolute atomic E-state index is 0.125. The molecule has 118 valence electrons. The zero-order valence-corrected chi connectivity index (χ0v) is 14.1. The highest BCUT2D eigenvalue weighted by Gasteiger charge is 2.37. The Kier molecular flexibility index (Phi) is 5.10. The first kappa shape index (κ1) is 16.2. The van der Waals surface area contributed by atoms with Crippen LogP contribution in [0, 0.1) is 11.8 Å². The average Bonchev–Trinajstić information content (AvgIpc) is 3.24. The molecule has 2 fully saturated rings. The molecular formula is C14H29N3O2S. The summed E-state index contributed by atoms with van der Waals surface area (Å²) in [4.78, 5) is 2.31. The van der Waals surface area contributed by atoms with Crippen molar-refractivity contribution in [1.82, 2.24) is 13.5 Å². The van der Waals surface area contributed by atoms with E-state index in [1.165, 1.54) is 12.8 Å². The van der Waals surface area contributed by atoms with Crippen LogP contribution in [0.1, 0.15) is 32.6 Å². The first-order valence-electron chi connectivity index (χ1n) is 7.70. The van der Waals surface area contributed by atoms with Gasteiger partial charge >= 0.3 is 0 Å². The molecule has 20 heavy (non-hydrogen) atoms. The van der Waals surface area contributed by atoms with Crippen molar-refractivity contribution in [2.45, 2.75) is 38.6 Å². The highest BCUT2D eigenvalue weighted by Crippen LogP contribution is 2.35. The maximum atomic E-state index is 12.6. The van der Waals surface area contributed by atoms with E-state index in [4.69, 9.17) is 0 Å². The maximum absolute atomic E-state index is 12.6. The summed E-state index contributed by atoms with van der Waals surface area (Å²) in [5.41, 5.74) is 0. The monoisotopic (exact) mass is 303 g/mol. The Labute approximate surface area is 124 Å². The summed E-state index contributed by atoms with van der Waals surface area (Å²) in [6.45, 7) is 4.83. The lowest BCUT2D eigenvalue weighted by Gasteiger charge is -2.34. The van der Waals surface area contributed by atoms with Crippen molar-refractivity contribution in [1.29, 1.82) is 0 Å². The van der Waals surface area contributed by atoms with Crippen molar-refractivity contribution in [3.8, 4) is 0 Å². The van der Waals surface area contributed by atoms with Crippen LogP contribution in [0.4, 0.5) is 0 Å². The summed E-state index contributed by atoms with van der Waals surface area (Å²) in [6, 6.07) is 0.125. The average molecular weight is 303 g/mol. The van der Waals surface area contributed by atoms with Crippen molar-refractivity contribution in [2.75, 3.05) is 40.8 Å². The lowest BCUT2D eigenvalue weighted by molar-refractivity contribution is 0.198. The Bertz CT molecular complexity index is 414. The fraction of sp³-hybridized carbons (Fsp3) is 1.00. The standard InChI is InChI=1S/C14H29N3O2S/c1-12(14-5-6-14)17(4)20(18,19)16(3)11-13-7-9-15(2)10-8-13/h12-14H,5-11H2,1-4H3. The molecule has 1 unspecified atom stereocenters. The van der Waals surface area contributed by atoms with Gasteiger partial charge < -0.3 is 4.90 Å². The third-order valence-corrected chi connectivity index (χ3v) is 6.99. The van der Waals surface area contributed by atoms with Crippen LogP contribution < -0.4 is 0 Å². The minimum Gasteiger partial charge on any atom is -0.306 e. The Morgan fingerprint density at radius 2 is 1.70 bits per heavy atom. The molecular weight excluding hydrogens is 274 g/mol. The molecule has 0 spiro atoms. The minimum atomic E-state index is -3.30. The predicted molar refractivity (Wildman–Crippen MR) is 81.7 cm³/mol. The van der Waals surface area contributed by atoms with Crippen LogP contribution in [0.2, 0.25) is 0 Å². The van der Waals surface area contributed by atoms with Gasteiger partial charge in [0.2, 0.25) is 0 Å². The van der Waals surface area contributed by atoms with Gasteiger partial charge in [-0.15, -0.1) is 0 Å². The molecule has 1 aliphatic carbocycles. The summed E-state index contributed by atoms with van der Waals surface area (Å²) in [5.74, 6) is 1.06. The van der Waals surface area contributed by atoms with Gasteiger partial charge in [0.15, 0.2) is 0 Å². The van der Waals surface area contributed by atoms with Crippen LogP contribution in [0.25, 0.3) is 0 Å². The van der Waals surface area contributed by atoms with Gasteiger partial charge in [-0.3, -0.25) is 0 Å². The molecule has 0 radical (unpaired) electrons. The Hall–Kier alpha value is -0.170. The van der Waals surface area contributed by atoms with Crippen LogP contribution in [-0.4, -0.2) is 68.7 Å². The van der Waals surface area contributed by atoms with E-state index in [1.54, 1.807) is 22.7 Å². The summed E-state index contributed by atoms with van der Waals surface area (Å²) < 4.78 is 28.3. The van der Waals surface area contributed by atoms with Gasteiger partial charge in [0.05, 0.1) is 0 Å². The first-order valence-corrected chi connectivity index (χ1v) is 9.10. The molecule has 0 amide bonds. The molecule has 1 heterocycles. The largest absolute Gasteiger partial charge is 0.306 e. The Morgan fingerprint density at radius 1 is 1.15 bits per heavy atom. The third kappa shape index (κ3) is 3.72. The number of rotatable bonds is 6. The number of likely N-dealkylation sites (tertiary alicyclic amines) is 1. The van der Waals surface area contributed by atoms with Crippen molar-refractivity contribution >= 4 is 10.2 Å². The van der Waals surface area contributed by atoms with Crippen LogP contribution in [0.3, 0.4) is 0 Å². The quantitative estimate of drug-likeness (QED) is 0.741. The summed E-state index contributed by atoms with van der Waals surface area (Å²) in [6.07, 6.45) is 4.52. The third-order valence-electron chi connectivity index (χ3n) is 4.99. The van der Waals surface area contributed by atoms with E-state index < -0.39 is 10.2 Å². The molecule has 0 N–H and O–H groups in total. The van der Waals surface area contributed by atoms with Crippen LogP contribution >= 0.6 is 0 Å².